The molecule has 0 amide bonds. The van der Waals surface area contributed by atoms with Crippen LogP contribution in [-0.4, -0.2) is 22.1 Å². The van der Waals surface area contributed by atoms with Crippen LogP contribution in [0.5, 0.6) is 5.75 Å². The molecule has 0 unspecified atom stereocenters. The average Bonchev–Trinajstić information content (AvgIpc) is 2.70. The first kappa shape index (κ1) is 16.7. The van der Waals surface area contributed by atoms with Gasteiger partial charge in [-0.25, -0.2) is 9.37 Å². The normalized spacial score (nSPS) is 10.6. The molecule has 0 aliphatic rings. The Balaban J connectivity index is 1.55. The molecule has 0 atom stereocenters. The molecular formula is C20H16FN5O. The van der Waals surface area contributed by atoms with Crippen LogP contribution in [0.15, 0.2) is 67.0 Å². The highest BCUT2D eigenvalue weighted by Gasteiger charge is 2.06. The summed E-state index contributed by atoms with van der Waals surface area (Å²) in [6, 6.07) is 16.1. The third-order valence-corrected chi connectivity index (χ3v) is 3.93. The van der Waals surface area contributed by atoms with Crippen LogP contribution >= 0.6 is 0 Å². The zero-order valence-corrected chi connectivity index (χ0v) is 14.5. The molecule has 0 saturated heterocycles. The van der Waals surface area contributed by atoms with Crippen molar-refractivity contribution in [2.24, 2.45) is 0 Å². The van der Waals surface area contributed by atoms with Gasteiger partial charge in [0.1, 0.15) is 5.82 Å². The number of methoxy groups -OCH3 is 1. The van der Waals surface area contributed by atoms with Crippen LogP contribution < -0.4 is 15.4 Å². The minimum absolute atomic E-state index is 0.150. The molecule has 134 valence electrons. The van der Waals surface area contributed by atoms with Gasteiger partial charge in [0.2, 0.25) is 5.95 Å². The topological polar surface area (TPSA) is 72.0 Å². The van der Waals surface area contributed by atoms with Gasteiger partial charge in [0.15, 0.2) is 11.6 Å². The third-order valence-electron chi connectivity index (χ3n) is 3.93. The smallest absolute Gasteiger partial charge is 0.229 e. The van der Waals surface area contributed by atoms with Gasteiger partial charge in [0.05, 0.1) is 24.5 Å². The molecule has 0 saturated carbocycles. The van der Waals surface area contributed by atoms with E-state index >= 15 is 0 Å². The van der Waals surface area contributed by atoms with Crippen LogP contribution in [0.25, 0.3) is 10.9 Å². The zero-order chi connectivity index (χ0) is 18.6. The number of para-hydroxylation sites is 1. The molecular weight excluding hydrogens is 345 g/mol. The molecule has 7 heteroatoms. The van der Waals surface area contributed by atoms with E-state index in [1.165, 1.54) is 13.2 Å². The molecule has 0 radical (unpaired) electrons. The number of ether oxygens (including phenoxy) is 1. The van der Waals surface area contributed by atoms with Crippen LogP contribution in [0.2, 0.25) is 0 Å². The molecule has 4 rings (SSSR count). The van der Waals surface area contributed by atoms with Crippen LogP contribution in [-0.2, 0) is 0 Å². The number of aromatic nitrogens is 3. The van der Waals surface area contributed by atoms with Gasteiger partial charge >= 0.3 is 0 Å². The van der Waals surface area contributed by atoms with Crippen molar-refractivity contribution in [3.05, 3.63) is 72.8 Å². The highest BCUT2D eigenvalue weighted by atomic mass is 19.1. The van der Waals surface area contributed by atoms with E-state index in [9.17, 15) is 4.39 Å². The Morgan fingerprint density at radius 1 is 0.926 bits per heavy atom. The van der Waals surface area contributed by atoms with Gasteiger partial charge in [-0.2, -0.15) is 4.98 Å². The maximum Gasteiger partial charge on any atom is 0.229 e. The average molecular weight is 361 g/mol. The number of hydrogen-bond acceptors (Lipinski definition) is 6. The number of halogens is 1. The summed E-state index contributed by atoms with van der Waals surface area (Å²) in [7, 11) is 1.42. The molecule has 2 heterocycles. The molecule has 0 aliphatic carbocycles. The standard InChI is InChI=1S/C20H16FN5O/c1-27-18-11-14(6-7-16(18)21)25-20-22-9-8-19(26-20)24-15-10-13-4-2-3-5-17(13)23-12-15/h2-12H,1H3,(H2,22,24,25,26). The first-order chi connectivity index (χ1) is 13.2. The van der Waals surface area contributed by atoms with Crippen molar-refractivity contribution >= 4 is 34.0 Å². The van der Waals surface area contributed by atoms with Gasteiger partial charge in [-0.3, -0.25) is 4.98 Å². The van der Waals surface area contributed by atoms with E-state index in [1.54, 1.807) is 30.6 Å². The van der Waals surface area contributed by atoms with Crippen molar-refractivity contribution in [3.63, 3.8) is 0 Å². The van der Waals surface area contributed by atoms with Gasteiger partial charge in [-0.05, 0) is 30.3 Å². The summed E-state index contributed by atoms with van der Waals surface area (Å²) in [6.07, 6.45) is 3.38. The summed E-state index contributed by atoms with van der Waals surface area (Å²) in [4.78, 5) is 13.0. The molecule has 2 aromatic heterocycles. The van der Waals surface area contributed by atoms with E-state index in [0.717, 1.165) is 16.6 Å². The number of fused-ring (bicyclic) bond motifs is 1. The fraction of sp³-hybridized carbons (Fsp3) is 0.0500. The minimum Gasteiger partial charge on any atom is -0.494 e. The SMILES string of the molecule is COc1cc(Nc2nccc(Nc3cnc4ccccc4c3)n2)ccc1F. The number of anilines is 4. The molecule has 0 spiro atoms. The van der Waals surface area contributed by atoms with Crippen molar-refractivity contribution in [2.75, 3.05) is 17.7 Å². The Hall–Kier alpha value is -3.74. The van der Waals surface area contributed by atoms with E-state index in [4.69, 9.17) is 4.74 Å². The minimum atomic E-state index is -0.428. The summed E-state index contributed by atoms with van der Waals surface area (Å²) >= 11 is 0. The number of nitrogens with one attached hydrogen (secondary N) is 2. The zero-order valence-electron chi connectivity index (χ0n) is 14.5. The Labute approximate surface area is 155 Å². The Kier molecular flexibility index (Phi) is 4.49. The van der Waals surface area contributed by atoms with E-state index in [0.29, 0.717) is 17.5 Å². The fourth-order valence-corrected chi connectivity index (χ4v) is 2.64. The monoisotopic (exact) mass is 361 g/mol. The van der Waals surface area contributed by atoms with E-state index < -0.39 is 5.82 Å². The largest absolute Gasteiger partial charge is 0.494 e. The molecule has 2 aromatic carbocycles. The highest BCUT2D eigenvalue weighted by molar-refractivity contribution is 5.82. The second-order valence-electron chi connectivity index (χ2n) is 5.78. The lowest BCUT2D eigenvalue weighted by atomic mass is 10.2. The predicted octanol–water partition coefficient (Wildman–Crippen LogP) is 4.66. The Morgan fingerprint density at radius 2 is 1.81 bits per heavy atom. The number of nitrogens with zero attached hydrogens (tertiary/aromatic N) is 3. The van der Waals surface area contributed by atoms with E-state index in [2.05, 4.69) is 25.6 Å². The number of rotatable bonds is 5. The van der Waals surface area contributed by atoms with Crippen molar-refractivity contribution in [1.29, 1.82) is 0 Å². The second kappa shape index (κ2) is 7.25. The predicted molar refractivity (Wildman–Crippen MR) is 103 cm³/mol. The van der Waals surface area contributed by atoms with Crippen LogP contribution in [0.1, 0.15) is 0 Å². The highest BCUT2D eigenvalue weighted by Crippen LogP contribution is 2.24. The Morgan fingerprint density at radius 3 is 2.70 bits per heavy atom. The molecule has 4 aromatic rings. The summed E-state index contributed by atoms with van der Waals surface area (Å²) in [6.45, 7) is 0. The molecule has 0 bridgehead atoms. The molecule has 0 aliphatic heterocycles. The van der Waals surface area contributed by atoms with Crippen molar-refractivity contribution in [1.82, 2.24) is 15.0 Å². The molecule has 2 N–H and O–H groups in total. The van der Waals surface area contributed by atoms with E-state index in [1.807, 2.05) is 30.3 Å². The lowest BCUT2D eigenvalue weighted by molar-refractivity contribution is 0.387. The van der Waals surface area contributed by atoms with Crippen LogP contribution in [0, 0.1) is 5.82 Å². The maximum absolute atomic E-state index is 13.5. The number of pyridine rings is 1. The van der Waals surface area contributed by atoms with Gasteiger partial charge in [-0.15, -0.1) is 0 Å². The quantitative estimate of drug-likeness (QED) is 0.539. The number of benzene rings is 2. The van der Waals surface area contributed by atoms with Crippen molar-refractivity contribution in [2.45, 2.75) is 0 Å². The Bertz CT molecular complexity index is 1100. The second-order valence-corrected chi connectivity index (χ2v) is 5.78. The van der Waals surface area contributed by atoms with Crippen LogP contribution in [0.3, 0.4) is 0 Å². The summed E-state index contributed by atoms with van der Waals surface area (Å²) in [5.74, 6) is 0.709. The first-order valence-corrected chi connectivity index (χ1v) is 8.27. The van der Waals surface area contributed by atoms with Crippen molar-refractivity contribution < 1.29 is 9.13 Å². The van der Waals surface area contributed by atoms with Gasteiger partial charge in [0.25, 0.3) is 0 Å². The van der Waals surface area contributed by atoms with Gasteiger partial charge in [-0.1, -0.05) is 18.2 Å². The van der Waals surface area contributed by atoms with Crippen molar-refractivity contribution in [3.8, 4) is 5.75 Å². The fourth-order valence-electron chi connectivity index (χ4n) is 2.64. The summed E-state index contributed by atoms with van der Waals surface area (Å²) in [5.41, 5.74) is 2.37. The third kappa shape index (κ3) is 3.77. The molecule has 6 nitrogen and oxygen atoms in total. The van der Waals surface area contributed by atoms with E-state index in [-0.39, 0.29) is 5.75 Å². The molecule has 27 heavy (non-hydrogen) atoms. The van der Waals surface area contributed by atoms with Gasteiger partial charge in [0, 0.05) is 23.3 Å². The van der Waals surface area contributed by atoms with Gasteiger partial charge < -0.3 is 15.4 Å². The summed E-state index contributed by atoms with van der Waals surface area (Å²) in [5, 5.41) is 7.29. The summed E-state index contributed by atoms with van der Waals surface area (Å²) < 4.78 is 18.5. The van der Waals surface area contributed by atoms with Crippen LogP contribution in [0.4, 0.5) is 27.5 Å². The molecule has 0 fully saturated rings. The lowest BCUT2D eigenvalue weighted by Crippen LogP contribution is -2.01. The first-order valence-electron chi connectivity index (χ1n) is 8.27. The number of hydrogen-bond donors (Lipinski definition) is 2. The maximum atomic E-state index is 13.5. The lowest BCUT2D eigenvalue weighted by Gasteiger charge is -2.10.